The van der Waals surface area contributed by atoms with Crippen molar-refractivity contribution < 1.29 is 4.79 Å². The van der Waals surface area contributed by atoms with E-state index in [1.54, 1.807) is 11.7 Å². The molecule has 1 unspecified atom stereocenters. The largest absolute Gasteiger partial charge is 0.349 e. The molecule has 1 aromatic heterocycles. The predicted molar refractivity (Wildman–Crippen MR) is 54.0 cm³/mol. The van der Waals surface area contributed by atoms with Crippen molar-refractivity contribution in [3.8, 4) is 0 Å². The van der Waals surface area contributed by atoms with Crippen molar-refractivity contribution in [2.45, 2.75) is 19.4 Å². The highest BCUT2D eigenvalue weighted by Crippen LogP contribution is 2.15. The number of amides is 1. The van der Waals surface area contributed by atoms with Gasteiger partial charge in [-0.3, -0.25) is 9.78 Å². The Bertz CT molecular complexity index is 263. The van der Waals surface area contributed by atoms with Crippen molar-refractivity contribution >= 4 is 28.8 Å². The number of rotatable bonds is 4. The lowest BCUT2D eigenvalue weighted by molar-refractivity contribution is -0.121. The minimum absolute atomic E-state index is 0.0177. The van der Waals surface area contributed by atoms with Gasteiger partial charge in [-0.25, -0.2) is 0 Å². The molecule has 1 atom stereocenters. The maximum Gasteiger partial charge on any atom is 0.221 e. The number of thiazole rings is 1. The number of nitrogens with zero attached hydrogens (tertiary/aromatic N) is 1. The van der Waals surface area contributed by atoms with Crippen LogP contribution in [0.2, 0.25) is 0 Å². The first-order chi connectivity index (χ1) is 6.24. The summed E-state index contributed by atoms with van der Waals surface area (Å²) < 4.78 is 0. The molecule has 1 heterocycles. The van der Waals surface area contributed by atoms with Crippen LogP contribution < -0.4 is 5.32 Å². The van der Waals surface area contributed by atoms with Crippen LogP contribution in [0.15, 0.2) is 11.7 Å². The second-order valence-corrected chi connectivity index (χ2v) is 3.93. The van der Waals surface area contributed by atoms with Crippen LogP contribution >= 0.6 is 22.9 Å². The van der Waals surface area contributed by atoms with Gasteiger partial charge in [0.1, 0.15) is 0 Å². The minimum atomic E-state index is -0.0177. The van der Waals surface area contributed by atoms with E-state index in [0.29, 0.717) is 12.3 Å². The van der Waals surface area contributed by atoms with Gasteiger partial charge in [0.25, 0.3) is 0 Å². The van der Waals surface area contributed by atoms with Crippen LogP contribution in [0, 0.1) is 0 Å². The summed E-state index contributed by atoms with van der Waals surface area (Å²) in [4.78, 5) is 16.1. The Morgan fingerprint density at radius 3 is 3.15 bits per heavy atom. The fourth-order valence-electron chi connectivity index (χ4n) is 0.910. The molecule has 0 radical (unpaired) electrons. The van der Waals surface area contributed by atoms with E-state index in [1.165, 1.54) is 11.3 Å². The Hall–Kier alpha value is -0.610. The monoisotopic (exact) mass is 218 g/mol. The van der Waals surface area contributed by atoms with Crippen molar-refractivity contribution in [3.05, 3.63) is 16.6 Å². The molecule has 1 N–H and O–H groups in total. The third-order valence-corrected chi connectivity index (χ3v) is 2.72. The summed E-state index contributed by atoms with van der Waals surface area (Å²) >= 11 is 6.97. The number of hydrogen-bond acceptors (Lipinski definition) is 3. The van der Waals surface area contributed by atoms with Crippen molar-refractivity contribution in [2.24, 2.45) is 0 Å². The van der Waals surface area contributed by atoms with E-state index in [1.807, 2.05) is 6.92 Å². The van der Waals surface area contributed by atoms with E-state index < -0.39 is 0 Å². The van der Waals surface area contributed by atoms with E-state index in [4.69, 9.17) is 11.6 Å². The molecule has 0 saturated carbocycles. The first kappa shape index (κ1) is 10.5. The molecule has 3 nitrogen and oxygen atoms in total. The van der Waals surface area contributed by atoms with E-state index >= 15 is 0 Å². The Balaban J connectivity index is 2.42. The van der Waals surface area contributed by atoms with Crippen LogP contribution in [-0.4, -0.2) is 16.8 Å². The molecule has 0 aliphatic rings. The molecular formula is C8H11ClN2OS. The zero-order valence-electron chi connectivity index (χ0n) is 7.29. The molecule has 13 heavy (non-hydrogen) atoms. The van der Waals surface area contributed by atoms with Gasteiger partial charge in [-0.2, -0.15) is 0 Å². The zero-order chi connectivity index (χ0) is 9.68. The van der Waals surface area contributed by atoms with Gasteiger partial charge in [0.15, 0.2) is 0 Å². The van der Waals surface area contributed by atoms with Gasteiger partial charge in [-0.1, -0.05) is 0 Å². The molecule has 0 aliphatic carbocycles. The zero-order valence-corrected chi connectivity index (χ0v) is 8.86. The summed E-state index contributed by atoms with van der Waals surface area (Å²) in [5, 5.41) is 2.83. The van der Waals surface area contributed by atoms with Crippen LogP contribution in [0.1, 0.15) is 24.3 Å². The van der Waals surface area contributed by atoms with Crippen LogP contribution in [0.5, 0.6) is 0 Å². The lowest BCUT2D eigenvalue weighted by atomic mass is 10.3. The Kier molecular flexibility index (Phi) is 4.18. The number of nitrogens with one attached hydrogen (secondary N) is 1. The summed E-state index contributed by atoms with van der Waals surface area (Å²) in [7, 11) is 0. The lowest BCUT2D eigenvalue weighted by Gasteiger charge is -2.10. The highest BCUT2D eigenvalue weighted by Gasteiger charge is 2.09. The summed E-state index contributed by atoms with van der Waals surface area (Å²) in [6.07, 6.45) is 2.13. The minimum Gasteiger partial charge on any atom is -0.349 e. The fraction of sp³-hybridized carbons (Fsp3) is 0.500. The molecule has 0 bridgehead atoms. The number of halogens is 1. The van der Waals surface area contributed by atoms with Crippen LogP contribution in [0.25, 0.3) is 0 Å². The summed E-state index contributed by atoms with van der Waals surface area (Å²) in [5.41, 5.74) is 1.75. The molecule has 1 rings (SSSR count). The maximum absolute atomic E-state index is 11.1. The quantitative estimate of drug-likeness (QED) is 0.785. The second kappa shape index (κ2) is 5.19. The normalized spacial score (nSPS) is 12.5. The van der Waals surface area contributed by atoms with E-state index in [0.717, 1.165) is 4.88 Å². The standard InChI is InChI=1S/C8H11ClN2OS/c1-6(7-4-10-5-13-7)11-8(12)2-3-9/h4-6H,2-3H2,1H3,(H,11,12). The number of hydrogen-bond donors (Lipinski definition) is 1. The second-order valence-electron chi connectivity index (χ2n) is 2.63. The molecule has 0 aromatic carbocycles. The Morgan fingerprint density at radius 1 is 1.85 bits per heavy atom. The maximum atomic E-state index is 11.1. The number of alkyl halides is 1. The van der Waals surface area contributed by atoms with Gasteiger partial charge in [-0.05, 0) is 6.92 Å². The number of carbonyl (C=O) groups is 1. The first-order valence-electron chi connectivity index (χ1n) is 3.97. The van der Waals surface area contributed by atoms with Gasteiger partial charge >= 0.3 is 0 Å². The molecule has 1 aromatic rings. The molecular weight excluding hydrogens is 208 g/mol. The van der Waals surface area contributed by atoms with Gasteiger partial charge in [0, 0.05) is 23.4 Å². The average molecular weight is 219 g/mol. The van der Waals surface area contributed by atoms with Crippen LogP contribution in [-0.2, 0) is 4.79 Å². The molecule has 0 fully saturated rings. The summed E-state index contributed by atoms with van der Waals surface area (Å²) in [6.45, 7) is 1.93. The van der Waals surface area contributed by atoms with Gasteiger partial charge in [0.2, 0.25) is 5.91 Å². The van der Waals surface area contributed by atoms with E-state index in [-0.39, 0.29) is 11.9 Å². The number of aromatic nitrogens is 1. The van der Waals surface area contributed by atoms with Gasteiger partial charge in [0.05, 0.1) is 11.6 Å². The summed E-state index contributed by atoms with van der Waals surface area (Å²) in [5.74, 6) is 0.345. The van der Waals surface area contributed by atoms with Crippen molar-refractivity contribution in [3.63, 3.8) is 0 Å². The van der Waals surface area contributed by atoms with Gasteiger partial charge < -0.3 is 5.32 Å². The molecule has 5 heteroatoms. The SMILES string of the molecule is CC(NC(=O)CCCl)c1cncs1. The average Bonchev–Trinajstić information content (AvgIpc) is 2.55. The van der Waals surface area contributed by atoms with Crippen LogP contribution in [0.4, 0.5) is 0 Å². The molecule has 0 aliphatic heterocycles. The highest BCUT2D eigenvalue weighted by atomic mass is 35.5. The van der Waals surface area contributed by atoms with E-state index in [2.05, 4.69) is 10.3 Å². The van der Waals surface area contributed by atoms with Crippen molar-refractivity contribution in [2.75, 3.05) is 5.88 Å². The number of carbonyl (C=O) groups excluding carboxylic acids is 1. The lowest BCUT2D eigenvalue weighted by Crippen LogP contribution is -2.26. The molecule has 1 amide bonds. The first-order valence-corrected chi connectivity index (χ1v) is 5.39. The highest BCUT2D eigenvalue weighted by molar-refractivity contribution is 7.09. The molecule has 72 valence electrons. The van der Waals surface area contributed by atoms with E-state index in [9.17, 15) is 4.79 Å². The third kappa shape index (κ3) is 3.32. The summed E-state index contributed by atoms with van der Waals surface area (Å²) in [6, 6.07) is 0.0308. The molecule has 0 spiro atoms. The van der Waals surface area contributed by atoms with Crippen LogP contribution in [0.3, 0.4) is 0 Å². The smallest absolute Gasteiger partial charge is 0.221 e. The third-order valence-electron chi connectivity index (χ3n) is 1.58. The Morgan fingerprint density at radius 2 is 2.62 bits per heavy atom. The van der Waals surface area contributed by atoms with Crippen molar-refractivity contribution in [1.29, 1.82) is 0 Å². The topological polar surface area (TPSA) is 42.0 Å². The Labute approximate surface area is 86.1 Å². The fourth-order valence-corrected chi connectivity index (χ4v) is 1.71. The van der Waals surface area contributed by atoms with Crippen molar-refractivity contribution in [1.82, 2.24) is 10.3 Å². The molecule has 0 saturated heterocycles. The van der Waals surface area contributed by atoms with Gasteiger partial charge in [-0.15, -0.1) is 22.9 Å². The predicted octanol–water partition coefficient (Wildman–Crippen LogP) is 1.95.